The average Bonchev–Trinajstić information content (AvgIpc) is 2.02. The fraction of sp³-hybridized carbons (Fsp3) is 0.143. The lowest BCUT2D eigenvalue weighted by molar-refractivity contribution is 0.0689. The molecule has 0 aliphatic rings. The summed E-state index contributed by atoms with van der Waals surface area (Å²) in [4.78, 5) is 13.6. The maximum atomic E-state index is 12.2. The van der Waals surface area contributed by atoms with Gasteiger partial charge in [-0.1, -0.05) is 11.6 Å². The van der Waals surface area contributed by atoms with Crippen molar-refractivity contribution in [2.45, 2.75) is 6.43 Å². The highest BCUT2D eigenvalue weighted by Crippen LogP contribution is 2.27. The number of aromatic carboxylic acids is 1. The largest absolute Gasteiger partial charge is 0.476 e. The number of alkyl halides is 2. The molecule has 0 atom stereocenters. The van der Waals surface area contributed by atoms with Gasteiger partial charge in [-0.15, -0.1) is 0 Å². The minimum atomic E-state index is -2.93. The molecule has 1 aromatic rings. The molecule has 1 heterocycles. The summed E-state index contributed by atoms with van der Waals surface area (Å²) >= 11 is 5.43. The molecule has 76 valence electrons. The molecule has 4 nitrogen and oxygen atoms in total. The second-order valence-corrected chi connectivity index (χ2v) is 2.81. The van der Waals surface area contributed by atoms with E-state index in [2.05, 4.69) is 4.98 Å². The minimum absolute atomic E-state index is 0.264. The molecule has 0 amide bonds. The average molecular weight is 223 g/mol. The van der Waals surface area contributed by atoms with Crippen LogP contribution in [-0.2, 0) is 0 Å². The minimum Gasteiger partial charge on any atom is -0.476 e. The fourth-order valence-corrected chi connectivity index (χ4v) is 1.08. The fourth-order valence-electron chi connectivity index (χ4n) is 0.842. The Morgan fingerprint density at radius 1 is 1.64 bits per heavy atom. The zero-order valence-corrected chi connectivity index (χ0v) is 7.42. The second kappa shape index (κ2) is 3.75. The number of halogens is 3. The number of nitrogens with two attached hydrogens (primary N) is 1. The third-order valence-corrected chi connectivity index (χ3v) is 1.73. The van der Waals surface area contributed by atoms with Crippen molar-refractivity contribution in [3.05, 3.63) is 22.5 Å². The van der Waals surface area contributed by atoms with Gasteiger partial charge in [0.15, 0.2) is 5.69 Å². The van der Waals surface area contributed by atoms with Crippen LogP contribution in [-0.4, -0.2) is 16.1 Å². The number of anilines is 1. The Kier molecular flexibility index (Phi) is 2.85. The van der Waals surface area contributed by atoms with Crippen LogP contribution in [0.25, 0.3) is 0 Å². The molecule has 3 N–H and O–H groups in total. The monoisotopic (exact) mass is 222 g/mol. The molecule has 0 saturated heterocycles. The molecule has 1 rings (SSSR count). The van der Waals surface area contributed by atoms with E-state index in [1.807, 2.05) is 0 Å². The molecular weight excluding hydrogens is 218 g/mol. The molecule has 0 radical (unpaired) electrons. The highest BCUT2D eigenvalue weighted by Gasteiger charge is 2.19. The summed E-state index contributed by atoms with van der Waals surface area (Å²) in [5.74, 6) is -1.48. The highest BCUT2D eigenvalue weighted by atomic mass is 35.5. The summed E-state index contributed by atoms with van der Waals surface area (Å²) in [6.45, 7) is 0. The summed E-state index contributed by atoms with van der Waals surface area (Å²) in [5.41, 5.74) is 3.45. The van der Waals surface area contributed by atoms with E-state index in [4.69, 9.17) is 22.4 Å². The molecule has 0 unspecified atom stereocenters. The van der Waals surface area contributed by atoms with Crippen LogP contribution in [0.3, 0.4) is 0 Å². The van der Waals surface area contributed by atoms with E-state index >= 15 is 0 Å². The van der Waals surface area contributed by atoms with Crippen molar-refractivity contribution >= 4 is 23.3 Å². The van der Waals surface area contributed by atoms with Crippen molar-refractivity contribution in [1.29, 1.82) is 0 Å². The molecule has 0 bridgehead atoms. The first-order valence-corrected chi connectivity index (χ1v) is 3.78. The van der Waals surface area contributed by atoms with Gasteiger partial charge in [-0.2, -0.15) is 0 Å². The van der Waals surface area contributed by atoms with Gasteiger partial charge in [0.1, 0.15) is 5.69 Å². The Morgan fingerprint density at radius 2 is 2.21 bits per heavy atom. The number of hydrogen-bond donors (Lipinski definition) is 2. The van der Waals surface area contributed by atoms with Gasteiger partial charge in [0.25, 0.3) is 6.43 Å². The number of aromatic nitrogens is 1. The third kappa shape index (κ3) is 1.90. The standard InChI is InChI=1S/C7H5ClF2N2O2/c8-2-1-3(11)5(6(9)10)12-4(2)7(13)14/h1,6H,11H2,(H,13,14). The maximum Gasteiger partial charge on any atom is 0.356 e. The van der Waals surface area contributed by atoms with Crippen LogP contribution < -0.4 is 5.73 Å². The van der Waals surface area contributed by atoms with E-state index in [-0.39, 0.29) is 10.7 Å². The number of hydrogen-bond acceptors (Lipinski definition) is 3. The Bertz CT molecular complexity index is 384. The van der Waals surface area contributed by atoms with Crippen LogP contribution in [0.2, 0.25) is 5.02 Å². The molecule has 0 saturated carbocycles. The number of nitrogen functional groups attached to an aromatic ring is 1. The van der Waals surface area contributed by atoms with Crippen molar-refractivity contribution in [3.8, 4) is 0 Å². The molecular formula is C7H5ClF2N2O2. The number of carboxylic acids is 1. The predicted molar refractivity (Wildman–Crippen MR) is 45.6 cm³/mol. The first kappa shape index (κ1) is 10.6. The van der Waals surface area contributed by atoms with E-state index in [9.17, 15) is 13.6 Å². The van der Waals surface area contributed by atoms with Gasteiger partial charge in [0.05, 0.1) is 10.7 Å². The summed E-state index contributed by atoms with van der Waals surface area (Å²) in [7, 11) is 0. The number of carboxylic acid groups (broad SMARTS) is 1. The zero-order valence-electron chi connectivity index (χ0n) is 6.67. The molecule has 0 aliphatic heterocycles. The molecule has 7 heteroatoms. The molecule has 0 fully saturated rings. The SMILES string of the molecule is Nc1cc(Cl)c(C(=O)O)nc1C(F)F. The van der Waals surface area contributed by atoms with Gasteiger partial charge in [-0.05, 0) is 6.07 Å². The van der Waals surface area contributed by atoms with Crippen LogP contribution in [0, 0.1) is 0 Å². The highest BCUT2D eigenvalue weighted by molar-refractivity contribution is 6.33. The lowest BCUT2D eigenvalue weighted by Gasteiger charge is -2.05. The van der Waals surface area contributed by atoms with Gasteiger partial charge in [0, 0.05) is 0 Å². The molecule has 0 aliphatic carbocycles. The van der Waals surface area contributed by atoms with Gasteiger partial charge >= 0.3 is 5.97 Å². The first-order chi connectivity index (χ1) is 6.43. The van der Waals surface area contributed by atoms with Gasteiger partial charge < -0.3 is 10.8 Å². The van der Waals surface area contributed by atoms with E-state index in [1.54, 1.807) is 0 Å². The lowest BCUT2D eigenvalue weighted by Crippen LogP contribution is -2.07. The van der Waals surface area contributed by atoms with Crippen molar-refractivity contribution in [3.63, 3.8) is 0 Å². The smallest absolute Gasteiger partial charge is 0.356 e. The zero-order chi connectivity index (χ0) is 10.9. The Labute approximate surface area is 82.3 Å². The summed E-state index contributed by atoms with van der Waals surface area (Å²) < 4.78 is 24.4. The Balaban J connectivity index is 3.34. The quantitative estimate of drug-likeness (QED) is 0.802. The van der Waals surface area contributed by atoms with Crippen LogP contribution >= 0.6 is 11.6 Å². The second-order valence-electron chi connectivity index (χ2n) is 2.40. The van der Waals surface area contributed by atoms with E-state index in [1.165, 1.54) is 0 Å². The van der Waals surface area contributed by atoms with Gasteiger partial charge in [-0.3, -0.25) is 0 Å². The first-order valence-electron chi connectivity index (χ1n) is 3.41. The van der Waals surface area contributed by atoms with Crippen LogP contribution in [0.1, 0.15) is 22.6 Å². The van der Waals surface area contributed by atoms with E-state index < -0.39 is 23.8 Å². The van der Waals surface area contributed by atoms with Crippen LogP contribution in [0.15, 0.2) is 6.07 Å². The Hall–Kier alpha value is -1.43. The normalized spacial score (nSPS) is 10.6. The number of carbonyl (C=O) groups is 1. The predicted octanol–water partition coefficient (Wildman–Crippen LogP) is 1.95. The summed E-state index contributed by atoms with van der Waals surface area (Å²) in [6, 6.07) is 0.944. The summed E-state index contributed by atoms with van der Waals surface area (Å²) in [6.07, 6.45) is -2.93. The number of nitrogens with zero attached hydrogens (tertiary/aromatic N) is 1. The topological polar surface area (TPSA) is 76.2 Å². The number of pyridine rings is 1. The van der Waals surface area contributed by atoms with Crippen molar-refractivity contribution in [2.75, 3.05) is 5.73 Å². The van der Waals surface area contributed by atoms with Gasteiger partial charge in [-0.25, -0.2) is 18.6 Å². The molecule has 1 aromatic heterocycles. The molecule has 0 spiro atoms. The van der Waals surface area contributed by atoms with Crippen molar-refractivity contribution in [1.82, 2.24) is 4.98 Å². The maximum absolute atomic E-state index is 12.2. The van der Waals surface area contributed by atoms with Crippen LogP contribution in [0.4, 0.5) is 14.5 Å². The summed E-state index contributed by atoms with van der Waals surface area (Å²) in [5, 5.41) is 8.27. The van der Waals surface area contributed by atoms with Gasteiger partial charge in [0.2, 0.25) is 0 Å². The molecule has 14 heavy (non-hydrogen) atoms. The number of rotatable bonds is 2. The van der Waals surface area contributed by atoms with E-state index in [0.29, 0.717) is 0 Å². The lowest BCUT2D eigenvalue weighted by atomic mass is 10.2. The van der Waals surface area contributed by atoms with Crippen molar-refractivity contribution < 1.29 is 18.7 Å². The van der Waals surface area contributed by atoms with Crippen molar-refractivity contribution in [2.24, 2.45) is 0 Å². The van der Waals surface area contributed by atoms with E-state index in [0.717, 1.165) is 6.07 Å². The Morgan fingerprint density at radius 3 is 2.64 bits per heavy atom. The van der Waals surface area contributed by atoms with Crippen LogP contribution in [0.5, 0.6) is 0 Å². The molecule has 0 aromatic carbocycles. The third-order valence-electron chi connectivity index (χ3n) is 1.45.